The molecular weight excluding hydrogens is 208 g/mol. The van der Waals surface area contributed by atoms with E-state index in [9.17, 15) is 9.59 Å². The van der Waals surface area contributed by atoms with Crippen molar-refractivity contribution in [1.29, 1.82) is 0 Å². The Morgan fingerprint density at radius 2 is 1.88 bits per heavy atom. The van der Waals surface area contributed by atoms with Gasteiger partial charge < -0.3 is 14.9 Å². The summed E-state index contributed by atoms with van der Waals surface area (Å²) in [6.45, 7) is 3.40. The summed E-state index contributed by atoms with van der Waals surface area (Å²) in [6.07, 6.45) is 1.51. The topological polar surface area (TPSA) is 60.9 Å². The number of nitrogens with zero attached hydrogens (tertiary/aromatic N) is 2. The molecule has 0 bridgehead atoms. The second-order valence-corrected chi connectivity index (χ2v) is 4.77. The first-order valence-electron chi connectivity index (χ1n) is 5.79. The molecule has 1 heterocycles. The highest BCUT2D eigenvalue weighted by Gasteiger charge is 2.49. The van der Waals surface area contributed by atoms with Crippen LogP contribution in [0.15, 0.2) is 0 Å². The normalized spacial score (nSPS) is 30.9. The van der Waals surface area contributed by atoms with E-state index >= 15 is 0 Å². The Labute approximate surface area is 95.0 Å². The molecule has 2 rings (SSSR count). The minimum atomic E-state index is -0.828. The molecule has 0 unspecified atom stereocenters. The number of hydrogen-bond acceptors (Lipinski definition) is 3. The van der Waals surface area contributed by atoms with Crippen molar-refractivity contribution in [3.8, 4) is 0 Å². The van der Waals surface area contributed by atoms with Crippen LogP contribution in [0.5, 0.6) is 0 Å². The zero-order valence-electron chi connectivity index (χ0n) is 9.56. The molecule has 0 spiro atoms. The van der Waals surface area contributed by atoms with Crippen molar-refractivity contribution in [2.45, 2.75) is 12.8 Å². The third-order valence-electron chi connectivity index (χ3n) is 3.46. The third-order valence-corrected chi connectivity index (χ3v) is 3.46. The van der Waals surface area contributed by atoms with Gasteiger partial charge in [0.05, 0.1) is 11.8 Å². The zero-order chi connectivity index (χ0) is 11.7. The number of carboxylic acids is 1. The molecule has 90 valence electrons. The summed E-state index contributed by atoms with van der Waals surface area (Å²) in [5.41, 5.74) is 0. The number of rotatable bonds is 2. The maximum absolute atomic E-state index is 12.0. The van der Waals surface area contributed by atoms with Gasteiger partial charge in [0.25, 0.3) is 0 Å². The lowest BCUT2D eigenvalue weighted by Crippen LogP contribution is -2.36. The van der Waals surface area contributed by atoms with Crippen LogP contribution in [0.2, 0.25) is 0 Å². The largest absolute Gasteiger partial charge is 0.481 e. The predicted molar refractivity (Wildman–Crippen MR) is 57.9 cm³/mol. The fourth-order valence-corrected chi connectivity index (χ4v) is 2.24. The summed E-state index contributed by atoms with van der Waals surface area (Å²) in [4.78, 5) is 26.7. The van der Waals surface area contributed by atoms with Crippen LogP contribution in [0.25, 0.3) is 0 Å². The molecule has 1 saturated heterocycles. The highest BCUT2D eigenvalue weighted by molar-refractivity contribution is 5.89. The van der Waals surface area contributed by atoms with Crippen molar-refractivity contribution in [1.82, 2.24) is 9.80 Å². The minimum absolute atomic E-state index is 0.0442. The number of aliphatic carboxylic acids is 1. The van der Waals surface area contributed by atoms with Crippen molar-refractivity contribution in [3.05, 3.63) is 0 Å². The van der Waals surface area contributed by atoms with Gasteiger partial charge in [0.15, 0.2) is 0 Å². The van der Waals surface area contributed by atoms with Crippen molar-refractivity contribution in [2.24, 2.45) is 11.8 Å². The van der Waals surface area contributed by atoms with Crippen LogP contribution in [0.3, 0.4) is 0 Å². The number of carbonyl (C=O) groups excluding carboxylic acids is 1. The van der Waals surface area contributed by atoms with E-state index in [1.54, 1.807) is 0 Å². The van der Waals surface area contributed by atoms with E-state index in [-0.39, 0.29) is 11.8 Å². The number of amides is 1. The molecule has 0 radical (unpaired) electrons. The first kappa shape index (κ1) is 11.4. The van der Waals surface area contributed by atoms with Crippen LogP contribution in [-0.2, 0) is 9.59 Å². The van der Waals surface area contributed by atoms with E-state index in [0.29, 0.717) is 6.42 Å². The van der Waals surface area contributed by atoms with E-state index < -0.39 is 11.9 Å². The summed E-state index contributed by atoms with van der Waals surface area (Å²) in [7, 11) is 2.05. The Morgan fingerprint density at radius 3 is 2.50 bits per heavy atom. The lowest BCUT2D eigenvalue weighted by molar-refractivity contribution is -0.141. The molecule has 1 aliphatic heterocycles. The smallest absolute Gasteiger partial charge is 0.307 e. The van der Waals surface area contributed by atoms with E-state index in [1.165, 1.54) is 0 Å². The van der Waals surface area contributed by atoms with Crippen LogP contribution >= 0.6 is 0 Å². The van der Waals surface area contributed by atoms with Crippen LogP contribution in [0.4, 0.5) is 0 Å². The molecule has 16 heavy (non-hydrogen) atoms. The molecule has 2 atom stereocenters. The van der Waals surface area contributed by atoms with Gasteiger partial charge in [-0.3, -0.25) is 9.59 Å². The number of likely N-dealkylation sites (N-methyl/N-ethyl adjacent to an activating group) is 1. The molecule has 5 heteroatoms. The van der Waals surface area contributed by atoms with Gasteiger partial charge in [0.2, 0.25) is 5.91 Å². The zero-order valence-corrected chi connectivity index (χ0v) is 9.56. The second-order valence-electron chi connectivity index (χ2n) is 4.77. The minimum Gasteiger partial charge on any atom is -0.481 e. The molecule has 1 amide bonds. The molecule has 5 nitrogen and oxygen atoms in total. The van der Waals surface area contributed by atoms with Gasteiger partial charge in [0.1, 0.15) is 0 Å². The van der Waals surface area contributed by atoms with Gasteiger partial charge in [-0.15, -0.1) is 0 Å². The maximum atomic E-state index is 12.0. The molecule has 2 fully saturated rings. The fourth-order valence-electron chi connectivity index (χ4n) is 2.24. The van der Waals surface area contributed by atoms with Gasteiger partial charge in [-0.25, -0.2) is 0 Å². The van der Waals surface area contributed by atoms with Crippen LogP contribution in [0.1, 0.15) is 12.8 Å². The van der Waals surface area contributed by atoms with E-state index in [4.69, 9.17) is 5.11 Å². The summed E-state index contributed by atoms with van der Waals surface area (Å²) in [5.74, 6) is -1.46. The molecular formula is C11H18N2O3. The van der Waals surface area contributed by atoms with E-state index in [1.807, 2.05) is 11.9 Å². The van der Waals surface area contributed by atoms with Crippen LogP contribution in [0, 0.1) is 11.8 Å². The van der Waals surface area contributed by atoms with Crippen molar-refractivity contribution >= 4 is 11.9 Å². The molecule has 0 aromatic heterocycles. The van der Waals surface area contributed by atoms with Gasteiger partial charge in [0, 0.05) is 19.6 Å². The average molecular weight is 226 g/mol. The monoisotopic (exact) mass is 226 g/mol. The van der Waals surface area contributed by atoms with E-state index in [0.717, 1.165) is 32.6 Å². The summed E-state index contributed by atoms with van der Waals surface area (Å²) >= 11 is 0. The molecule has 1 aliphatic carbocycles. The Balaban J connectivity index is 1.88. The maximum Gasteiger partial charge on any atom is 0.307 e. The lowest BCUT2D eigenvalue weighted by atomic mass is 10.2. The van der Waals surface area contributed by atoms with Crippen molar-refractivity contribution < 1.29 is 14.7 Å². The predicted octanol–water partition coefficient (Wildman–Crippen LogP) is -0.129. The highest BCUT2D eigenvalue weighted by atomic mass is 16.4. The molecule has 1 N–H and O–H groups in total. The summed E-state index contributed by atoms with van der Waals surface area (Å²) in [5, 5.41) is 8.79. The molecule has 1 saturated carbocycles. The number of carboxylic acid groups (broad SMARTS) is 1. The Kier molecular flexibility index (Phi) is 3.14. The Morgan fingerprint density at radius 1 is 1.12 bits per heavy atom. The highest BCUT2D eigenvalue weighted by Crippen LogP contribution is 2.40. The van der Waals surface area contributed by atoms with Crippen molar-refractivity contribution in [2.75, 3.05) is 33.2 Å². The first-order chi connectivity index (χ1) is 7.59. The fraction of sp³-hybridized carbons (Fsp3) is 0.818. The van der Waals surface area contributed by atoms with Gasteiger partial charge >= 0.3 is 5.97 Å². The molecule has 2 aliphatic rings. The first-order valence-corrected chi connectivity index (χ1v) is 5.79. The van der Waals surface area contributed by atoms with Gasteiger partial charge in [-0.1, -0.05) is 0 Å². The SMILES string of the molecule is CN1CCCN(C(=O)[C@@H]2C[C@@H]2C(=O)O)CC1. The van der Waals surface area contributed by atoms with Crippen LogP contribution in [-0.4, -0.2) is 60.0 Å². The van der Waals surface area contributed by atoms with Crippen molar-refractivity contribution in [3.63, 3.8) is 0 Å². The van der Waals surface area contributed by atoms with Crippen LogP contribution < -0.4 is 0 Å². The summed E-state index contributed by atoms with van der Waals surface area (Å²) < 4.78 is 0. The molecule has 0 aromatic rings. The van der Waals surface area contributed by atoms with E-state index in [2.05, 4.69) is 4.90 Å². The number of carbonyl (C=O) groups is 2. The summed E-state index contributed by atoms with van der Waals surface area (Å²) in [6, 6.07) is 0. The third kappa shape index (κ3) is 2.35. The molecule has 0 aromatic carbocycles. The lowest BCUT2D eigenvalue weighted by Gasteiger charge is -2.20. The quantitative estimate of drug-likeness (QED) is 0.712. The van der Waals surface area contributed by atoms with Gasteiger partial charge in [-0.2, -0.15) is 0 Å². The second kappa shape index (κ2) is 4.41. The standard InChI is InChI=1S/C11H18N2O3/c1-12-3-2-4-13(6-5-12)10(14)8-7-9(8)11(15)16/h8-9H,2-7H2,1H3,(H,15,16)/t8-,9+/m1/s1. The Hall–Kier alpha value is -1.10. The average Bonchev–Trinajstić information content (AvgIpc) is 3.00. The number of hydrogen-bond donors (Lipinski definition) is 1. The Bertz CT molecular complexity index is 306. The van der Waals surface area contributed by atoms with Gasteiger partial charge in [-0.05, 0) is 26.4 Å².